The molecule has 0 aromatic heterocycles. The molecule has 0 spiro atoms. The quantitative estimate of drug-likeness (QED) is 0.782. The number of hydrogen-bond donors (Lipinski definition) is 1. The number of ketones is 1. The van der Waals surface area contributed by atoms with Crippen LogP contribution in [0.25, 0.3) is 0 Å². The lowest BCUT2D eigenvalue weighted by Gasteiger charge is -2.32. The number of nitrogens with one attached hydrogen (secondary N) is 1. The van der Waals surface area contributed by atoms with Crippen LogP contribution >= 0.6 is 11.6 Å². The van der Waals surface area contributed by atoms with E-state index in [1.165, 1.54) is 0 Å². The Balaban J connectivity index is 1.71. The van der Waals surface area contributed by atoms with Gasteiger partial charge < -0.3 is 15.1 Å². The zero-order valence-electron chi connectivity index (χ0n) is 13.8. The van der Waals surface area contributed by atoms with Crippen LogP contribution in [0.3, 0.4) is 0 Å². The predicted octanol–water partition coefficient (Wildman–Crippen LogP) is 1.19. The number of amides is 2. The number of nitrogens with zero attached hydrogens (tertiary/aromatic N) is 2. The van der Waals surface area contributed by atoms with E-state index < -0.39 is 0 Å². The van der Waals surface area contributed by atoms with E-state index in [1.807, 2.05) is 7.05 Å². The van der Waals surface area contributed by atoms with Crippen molar-refractivity contribution in [1.82, 2.24) is 15.1 Å². The van der Waals surface area contributed by atoms with E-state index in [9.17, 15) is 14.4 Å². The molecule has 7 heteroatoms. The molecule has 130 valence electrons. The number of hydrogen-bond acceptors (Lipinski definition) is 4. The van der Waals surface area contributed by atoms with Crippen molar-refractivity contribution in [2.75, 3.05) is 39.8 Å². The predicted molar refractivity (Wildman–Crippen MR) is 92.1 cm³/mol. The third-order valence-corrected chi connectivity index (χ3v) is 4.38. The number of likely N-dealkylation sites (N-methyl/N-ethyl adjacent to an activating group) is 1. The zero-order valence-corrected chi connectivity index (χ0v) is 14.5. The molecular weight excluding hydrogens is 330 g/mol. The molecule has 1 aromatic rings. The van der Waals surface area contributed by atoms with Crippen molar-refractivity contribution < 1.29 is 14.4 Å². The molecule has 1 N–H and O–H groups in total. The standard InChI is InChI=1S/C17H22ClN3O3/c1-20-8-10-21(11-9-20)17(24)12-19-16(23)7-6-15(22)13-4-2-3-5-14(13)18/h2-5H,6-12H2,1H3,(H,19,23). The summed E-state index contributed by atoms with van der Waals surface area (Å²) in [6, 6.07) is 6.76. The van der Waals surface area contributed by atoms with Gasteiger partial charge in [-0.25, -0.2) is 0 Å². The van der Waals surface area contributed by atoms with Crippen LogP contribution in [0.4, 0.5) is 0 Å². The molecule has 0 radical (unpaired) electrons. The number of carbonyl (C=O) groups excluding carboxylic acids is 3. The van der Waals surface area contributed by atoms with E-state index in [4.69, 9.17) is 11.6 Å². The van der Waals surface area contributed by atoms with Gasteiger partial charge in [-0.2, -0.15) is 0 Å². The van der Waals surface area contributed by atoms with Crippen molar-refractivity contribution in [3.8, 4) is 0 Å². The molecule has 0 atom stereocenters. The number of carbonyl (C=O) groups is 3. The molecule has 0 unspecified atom stereocenters. The third kappa shape index (κ3) is 5.32. The normalized spacial score (nSPS) is 15.2. The average molecular weight is 352 g/mol. The van der Waals surface area contributed by atoms with E-state index in [1.54, 1.807) is 29.2 Å². The summed E-state index contributed by atoms with van der Waals surface area (Å²) in [7, 11) is 2.01. The van der Waals surface area contributed by atoms with Gasteiger partial charge in [0.25, 0.3) is 0 Å². The molecule has 1 aliphatic rings. The first-order chi connectivity index (χ1) is 11.5. The van der Waals surface area contributed by atoms with Gasteiger partial charge in [-0.1, -0.05) is 23.7 Å². The summed E-state index contributed by atoms with van der Waals surface area (Å²) in [5.74, 6) is -0.576. The second kappa shape index (κ2) is 8.80. The molecule has 0 bridgehead atoms. The lowest BCUT2D eigenvalue weighted by atomic mass is 10.1. The maximum atomic E-state index is 12.0. The highest BCUT2D eigenvalue weighted by atomic mass is 35.5. The maximum absolute atomic E-state index is 12.0. The van der Waals surface area contributed by atoms with E-state index in [2.05, 4.69) is 10.2 Å². The number of benzene rings is 1. The molecule has 0 saturated carbocycles. The summed E-state index contributed by atoms with van der Waals surface area (Å²) in [6.07, 6.45) is 0.109. The van der Waals surface area contributed by atoms with Crippen LogP contribution in [0.1, 0.15) is 23.2 Å². The van der Waals surface area contributed by atoms with Crippen molar-refractivity contribution >= 4 is 29.2 Å². The summed E-state index contributed by atoms with van der Waals surface area (Å²) in [5.41, 5.74) is 0.417. The van der Waals surface area contributed by atoms with Gasteiger partial charge in [0.2, 0.25) is 11.8 Å². The van der Waals surface area contributed by atoms with Crippen LogP contribution in [0.2, 0.25) is 5.02 Å². The Morgan fingerprint density at radius 3 is 2.42 bits per heavy atom. The first-order valence-corrected chi connectivity index (χ1v) is 8.36. The van der Waals surface area contributed by atoms with E-state index in [0.717, 1.165) is 13.1 Å². The summed E-state index contributed by atoms with van der Waals surface area (Å²) in [5, 5.41) is 2.97. The average Bonchev–Trinajstić information content (AvgIpc) is 2.58. The molecule has 1 saturated heterocycles. The lowest BCUT2D eigenvalue weighted by Crippen LogP contribution is -2.50. The van der Waals surface area contributed by atoms with Crippen LogP contribution in [0.15, 0.2) is 24.3 Å². The van der Waals surface area contributed by atoms with E-state index >= 15 is 0 Å². The fourth-order valence-corrected chi connectivity index (χ4v) is 2.72. The van der Waals surface area contributed by atoms with Crippen LogP contribution in [0, 0.1) is 0 Å². The van der Waals surface area contributed by atoms with Gasteiger partial charge in [-0.3, -0.25) is 14.4 Å². The first kappa shape index (κ1) is 18.4. The molecule has 1 aliphatic heterocycles. The smallest absolute Gasteiger partial charge is 0.242 e. The Kier molecular flexibility index (Phi) is 6.75. The highest BCUT2D eigenvalue weighted by Crippen LogP contribution is 2.17. The van der Waals surface area contributed by atoms with Gasteiger partial charge in [0.15, 0.2) is 5.78 Å². The number of piperazine rings is 1. The Labute approximate surface area is 146 Å². The van der Waals surface area contributed by atoms with Crippen molar-refractivity contribution in [1.29, 1.82) is 0 Å². The van der Waals surface area contributed by atoms with Gasteiger partial charge >= 0.3 is 0 Å². The first-order valence-electron chi connectivity index (χ1n) is 7.98. The fraction of sp³-hybridized carbons (Fsp3) is 0.471. The van der Waals surface area contributed by atoms with Crippen molar-refractivity contribution in [2.24, 2.45) is 0 Å². The Bertz CT molecular complexity index is 613. The van der Waals surface area contributed by atoms with Crippen LogP contribution < -0.4 is 5.32 Å². The highest BCUT2D eigenvalue weighted by molar-refractivity contribution is 6.34. The van der Waals surface area contributed by atoms with Gasteiger partial charge in [0, 0.05) is 44.6 Å². The minimum atomic E-state index is -0.308. The lowest BCUT2D eigenvalue weighted by molar-refractivity contribution is -0.134. The molecule has 2 amide bonds. The third-order valence-electron chi connectivity index (χ3n) is 4.05. The number of Topliss-reactive ketones (excluding diaryl/α,β-unsaturated/α-hetero) is 1. The van der Waals surface area contributed by atoms with Crippen LogP contribution in [-0.4, -0.2) is 67.2 Å². The minimum Gasteiger partial charge on any atom is -0.347 e. The minimum absolute atomic E-state index is 0.0250. The zero-order chi connectivity index (χ0) is 17.5. The molecule has 1 aromatic carbocycles. The Morgan fingerprint density at radius 1 is 1.08 bits per heavy atom. The van der Waals surface area contributed by atoms with Gasteiger partial charge in [0.05, 0.1) is 11.6 Å². The van der Waals surface area contributed by atoms with Gasteiger partial charge in [-0.05, 0) is 19.2 Å². The molecule has 2 rings (SSSR count). The summed E-state index contributed by atoms with van der Waals surface area (Å²) in [4.78, 5) is 39.8. The monoisotopic (exact) mass is 351 g/mol. The van der Waals surface area contributed by atoms with Crippen molar-refractivity contribution in [3.05, 3.63) is 34.9 Å². The van der Waals surface area contributed by atoms with Gasteiger partial charge in [-0.15, -0.1) is 0 Å². The molecule has 1 fully saturated rings. The molecule has 0 aliphatic carbocycles. The molecule has 1 heterocycles. The van der Waals surface area contributed by atoms with Crippen LogP contribution in [-0.2, 0) is 9.59 Å². The van der Waals surface area contributed by atoms with E-state index in [0.29, 0.717) is 23.7 Å². The second-order valence-corrected chi connectivity index (χ2v) is 6.27. The Morgan fingerprint density at radius 2 is 1.75 bits per heavy atom. The number of rotatable bonds is 6. The van der Waals surface area contributed by atoms with Crippen molar-refractivity contribution in [2.45, 2.75) is 12.8 Å². The SMILES string of the molecule is CN1CCN(C(=O)CNC(=O)CCC(=O)c2ccccc2Cl)CC1. The fourth-order valence-electron chi connectivity index (χ4n) is 2.48. The maximum Gasteiger partial charge on any atom is 0.242 e. The summed E-state index contributed by atoms with van der Waals surface area (Å²) < 4.78 is 0. The largest absolute Gasteiger partial charge is 0.347 e. The second-order valence-electron chi connectivity index (χ2n) is 5.86. The van der Waals surface area contributed by atoms with Crippen molar-refractivity contribution in [3.63, 3.8) is 0 Å². The Hall–Kier alpha value is -1.92. The van der Waals surface area contributed by atoms with Crippen LogP contribution in [0.5, 0.6) is 0 Å². The van der Waals surface area contributed by atoms with Gasteiger partial charge in [0.1, 0.15) is 0 Å². The molecular formula is C17H22ClN3O3. The van der Waals surface area contributed by atoms with E-state index in [-0.39, 0.29) is 37.0 Å². The summed E-state index contributed by atoms with van der Waals surface area (Å²) in [6.45, 7) is 3.01. The molecule has 6 nitrogen and oxygen atoms in total. The summed E-state index contributed by atoms with van der Waals surface area (Å²) >= 11 is 5.96. The molecule has 24 heavy (non-hydrogen) atoms. The number of halogens is 1. The highest BCUT2D eigenvalue weighted by Gasteiger charge is 2.19. The topological polar surface area (TPSA) is 69.7 Å².